The largest absolute Gasteiger partial charge is 0.338 e. The second-order valence-corrected chi connectivity index (χ2v) is 6.65. The third-order valence-corrected chi connectivity index (χ3v) is 5.37. The lowest BCUT2D eigenvalue weighted by molar-refractivity contribution is -0.135. The maximum absolute atomic E-state index is 12.6. The molecule has 0 radical (unpaired) electrons. The van der Waals surface area contributed by atoms with Gasteiger partial charge in [-0.2, -0.15) is 0 Å². The number of thiophene rings is 1. The Labute approximate surface area is 132 Å². The summed E-state index contributed by atoms with van der Waals surface area (Å²) >= 11 is 7.38. The summed E-state index contributed by atoms with van der Waals surface area (Å²) in [4.78, 5) is 29.3. The molecule has 3 heterocycles. The lowest BCUT2D eigenvalue weighted by Crippen LogP contribution is -2.53. The van der Waals surface area contributed by atoms with E-state index in [1.807, 2.05) is 4.90 Å². The molecule has 1 unspecified atom stereocenters. The van der Waals surface area contributed by atoms with Gasteiger partial charge in [0.1, 0.15) is 10.9 Å². The van der Waals surface area contributed by atoms with Gasteiger partial charge in [0.25, 0.3) is 5.91 Å². The zero-order valence-corrected chi connectivity index (χ0v) is 13.3. The van der Waals surface area contributed by atoms with Crippen LogP contribution in [0.2, 0.25) is 5.02 Å². The molecule has 0 bridgehead atoms. The van der Waals surface area contributed by atoms with Crippen LogP contribution in [0.15, 0.2) is 11.4 Å². The number of amides is 2. The van der Waals surface area contributed by atoms with Crippen LogP contribution in [0.25, 0.3) is 0 Å². The maximum Gasteiger partial charge on any atom is 0.266 e. The highest BCUT2D eigenvalue weighted by molar-refractivity contribution is 7.12. The van der Waals surface area contributed by atoms with E-state index in [9.17, 15) is 9.59 Å². The molecule has 3 rings (SSSR count). The minimum absolute atomic E-state index is 0.0787. The van der Waals surface area contributed by atoms with E-state index >= 15 is 0 Å². The normalized spacial score (nSPS) is 22.6. The molecule has 1 atom stereocenters. The quantitative estimate of drug-likeness (QED) is 0.894. The van der Waals surface area contributed by atoms with Crippen molar-refractivity contribution < 1.29 is 9.59 Å². The molecule has 2 amide bonds. The molecular formula is C14H18ClN3O2S. The summed E-state index contributed by atoms with van der Waals surface area (Å²) < 4.78 is 0. The van der Waals surface area contributed by atoms with Crippen LogP contribution in [0.5, 0.6) is 0 Å². The first-order valence-corrected chi connectivity index (χ1v) is 8.47. The highest BCUT2D eigenvalue weighted by Crippen LogP contribution is 2.28. The van der Waals surface area contributed by atoms with Gasteiger partial charge in [-0.3, -0.25) is 9.59 Å². The number of hydrogen-bond acceptors (Lipinski definition) is 4. The summed E-state index contributed by atoms with van der Waals surface area (Å²) in [6, 6.07) is 1.40. The molecule has 114 valence electrons. The standard InChI is InChI=1S/C14H18ClN3O2S/c15-10-3-9-21-12(10)14(20)18-6-1-2-11(18)13(19)17-7-4-16-5-8-17/h3,9,11,16H,1-2,4-8H2. The number of halogens is 1. The Kier molecular flexibility index (Phi) is 4.47. The van der Waals surface area contributed by atoms with Gasteiger partial charge < -0.3 is 15.1 Å². The van der Waals surface area contributed by atoms with Crippen molar-refractivity contribution >= 4 is 34.8 Å². The summed E-state index contributed by atoms with van der Waals surface area (Å²) in [5.41, 5.74) is 0. The molecule has 1 N–H and O–H groups in total. The molecule has 5 nitrogen and oxygen atoms in total. The Bertz CT molecular complexity index is 542. The fourth-order valence-corrected chi connectivity index (χ4v) is 4.03. The summed E-state index contributed by atoms with van der Waals surface area (Å²) in [7, 11) is 0. The Hall–Kier alpha value is -1.11. The van der Waals surface area contributed by atoms with Crippen molar-refractivity contribution in [3.63, 3.8) is 0 Å². The van der Waals surface area contributed by atoms with Crippen molar-refractivity contribution in [1.29, 1.82) is 0 Å². The van der Waals surface area contributed by atoms with E-state index in [0.717, 1.165) is 39.0 Å². The minimum atomic E-state index is -0.325. The second kappa shape index (κ2) is 6.34. The Morgan fingerprint density at radius 1 is 1.29 bits per heavy atom. The zero-order chi connectivity index (χ0) is 14.8. The van der Waals surface area contributed by atoms with Gasteiger partial charge >= 0.3 is 0 Å². The van der Waals surface area contributed by atoms with Crippen LogP contribution >= 0.6 is 22.9 Å². The lowest BCUT2D eigenvalue weighted by Gasteiger charge is -2.32. The number of likely N-dealkylation sites (tertiary alicyclic amines) is 1. The SMILES string of the molecule is O=C(C1CCCN1C(=O)c1sccc1Cl)N1CCNCC1. The molecule has 0 spiro atoms. The van der Waals surface area contributed by atoms with Gasteiger partial charge in [-0.05, 0) is 24.3 Å². The van der Waals surface area contributed by atoms with Gasteiger partial charge in [0.05, 0.1) is 5.02 Å². The Balaban J connectivity index is 1.74. The smallest absolute Gasteiger partial charge is 0.266 e. The first kappa shape index (κ1) is 14.8. The van der Waals surface area contributed by atoms with Gasteiger partial charge in [-0.1, -0.05) is 11.6 Å². The molecule has 0 aromatic carbocycles. The van der Waals surface area contributed by atoms with Crippen LogP contribution in [-0.2, 0) is 4.79 Å². The first-order valence-electron chi connectivity index (χ1n) is 7.22. The molecule has 1 aromatic heterocycles. The number of hydrogen-bond donors (Lipinski definition) is 1. The zero-order valence-electron chi connectivity index (χ0n) is 11.7. The summed E-state index contributed by atoms with van der Waals surface area (Å²) in [5.74, 6) is -0.0315. The Morgan fingerprint density at radius 2 is 2.05 bits per heavy atom. The monoisotopic (exact) mass is 327 g/mol. The molecule has 7 heteroatoms. The number of piperazine rings is 1. The van der Waals surface area contributed by atoms with Crippen molar-refractivity contribution in [1.82, 2.24) is 15.1 Å². The molecule has 1 aromatic rings. The highest BCUT2D eigenvalue weighted by atomic mass is 35.5. The minimum Gasteiger partial charge on any atom is -0.338 e. The number of carbonyl (C=O) groups excluding carboxylic acids is 2. The number of carbonyl (C=O) groups is 2. The fraction of sp³-hybridized carbons (Fsp3) is 0.571. The van der Waals surface area contributed by atoms with E-state index in [1.165, 1.54) is 11.3 Å². The molecule has 21 heavy (non-hydrogen) atoms. The number of nitrogens with zero attached hydrogens (tertiary/aromatic N) is 2. The van der Waals surface area contributed by atoms with Crippen molar-refractivity contribution in [3.8, 4) is 0 Å². The number of rotatable bonds is 2. The average molecular weight is 328 g/mol. The predicted molar refractivity (Wildman–Crippen MR) is 82.8 cm³/mol. The molecule has 0 saturated carbocycles. The van der Waals surface area contributed by atoms with Gasteiger partial charge in [-0.25, -0.2) is 0 Å². The Morgan fingerprint density at radius 3 is 2.71 bits per heavy atom. The lowest BCUT2D eigenvalue weighted by atomic mass is 10.1. The molecule has 2 saturated heterocycles. The van der Waals surface area contributed by atoms with Crippen LogP contribution in [0.4, 0.5) is 0 Å². The van der Waals surface area contributed by atoms with Gasteiger partial charge in [0.2, 0.25) is 5.91 Å². The van der Waals surface area contributed by atoms with Crippen LogP contribution in [0.1, 0.15) is 22.5 Å². The van der Waals surface area contributed by atoms with Crippen molar-refractivity contribution in [2.24, 2.45) is 0 Å². The molecule has 2 fully saturated rings. The van der Waals surface area contributed by atoms with Gasteiger partial charge in [0, 0.05) is 32.7 Å². The predicted octanol–water partition coefficient (Wildman–Crippen LogP) is 1.44. The first-order chi connectivity index (χ1) is 10.2. The van der Waals surface area contributed by atoms with E-state index in [2.05, 4.69) is 5.32 Å². The van der Waals surface area contributed by atoms with Crippen molar-refractivity contribution in [3.05, 3.63) is 21.3 Å². The van der Waals surface area contributed by atoms with Crippen LogP contribution < -0.4 is 5.32 Å². The second-order valence-electron chi connectivity index (χ2n) is 5.33. The van der Waals surface area contributed by atoms with Crippen molar-refractivity contribution in [2.45, 2.75) is 18.9 Å². The van der Waals surface area contributed by atoms with Crippen LogP contribution in [0.3, 0.4) is 0 Å². The maximum atomic E-state index is 12.6. The highest BCUT2D eigenvalue weighted by Gasteiger charge is 2.37. The van der Waals surface area contributed by atoms with Crippen LogP contribution in [-0.4, -0.2) is 60.4 Å². The van der Waals surface area contributed by atoms with E-state index < -0.39 is 0 Å². The van der Waals surface area contributed by atoms with Crippen LogP contribution in [0, 0.1) is 0 Å². The molecule has 0 aliphatic carbocycles. The summed E-state index contributed by atoms with van der Waals surface area (Å²) in [6.07, 6.45) is 1.62. The topological polar surface area (TPSA) is 52.7 Å². The third-order valence-electron chi connectivity index (χ3n) is 4.04. The summed E-state index contributed by atoms with van der Waals surface area (Å²) in [6.45, 7) is 3.72. The molecule has 2 aliphatic heterocycles. The number of nitrogens with one attached hydrogen (secondary N) is 1. The van der Waals surface area contributed by atoms with E-state index in [4.69, 9.17) is 11.6 Å². The fourth-order valence-electron chi connectivity index (χ4n) is 2.94. The molecular weight excluding hydrogens is 310 g/mol. The van der Waals surface area contributed by atoms with E-state index in [1.54, 1.807) is 16.3 Å². The third kappa shape index (κ3) is 2.93. The van der Waals surface area contributed by atoms with Gasteiger partial charge in [0.15, 0.2) is 0 Å². The summed E-state index contributed by atoms with van der Waals surface area (Å²) in [5, 5.41) is 5.52. The van der Waals surface area contributed by atoms with E-state index in [0.29, 0.717) is 16.4 Å². The van der Waals surface area contributed by atoms with E-state index in [-0.39, 0.29) is 17.9 Å². The average Bonchev–Trinajstić information content (AvgIpc) is 3.15. The molecule has 2 aliphatic rings. The van der Waals surface area contributed by atoms with Crippen molar-refractivity contribution in [2.75, 3.05) is 32.7 Å². The van der Waals surface area contributed by atoms with Gasteiger partial charge in [-0.15, -0.1) is 11.3 Å².